The second-order valence-electron chi connectivity index (χ2n) is 6.68. The number of rotatable bonds is 1. The lowest BCUT2D eigenvalue weighted by atomic mass is 10.1. The third-order valence-corrected chi connectivity index (χ3v) is 6.03. The summed E-state index contributed by atoms with van der Waals surface area (Å²) < 4.78 is 3.01. The zero-order valence-corrected chi connectivity index (χ0v) is 16.3. The summed E-state index contributed by atoms with van der Waals surface area (Å²) in [5.74, 6) is 0.791. The van der Waals surface area contributed by atoms with Gasteiger partial charge < -0.3 is 4.90 Å². The minimum absolute atomic E-state index is 0.0897. The van der Waals surface area contributed by atoms with E-state index in [1.54, 1.807) is 6.92 Å². The maximum Gasteiger partial charge on any atom is 0.234 e. The predicted octanol–water partition coefficient (Wildman–Crippen LogP) is 4.07. The Bertz CT molecular complexity index is 1020. The van der Waals surface area contributed by atoms with Gasteiger partial charge in [-0.3, -0.25) is 9.20 Å². The number of aryl methyl sites for hydroxylation is 2. The van der Waals surface area contributed by atoms with Crippen molar-refractivity contribution in [3.8, 4) is 11.3 Å². The van der Waals surface area contributed by atoms with Crippen LogP contribution in [0.2, 0.25) is 0 Å². The van der Waals surface area contributed by atoms with Crippen LogP contribution in [0.3, 0.4) is 0 Å². The molecule has 1 unspecified atom stereocenters. The van der Waals surface area contributed by atoms with Gasteiger partial charge in [-0.25, -0.2) is 9.97 Å². The molecule has 0 bridgehead atoms. The topological polar surface area (TPSA) is 50.5 Å². The van der Waals surface area contributed by atoms with Crippen molar-refractivity contribution in [2.75, 3.05) is 4.90 Å². The standard InChI is InChI=1S/C19H19BrN4O/c1-10-7-15-8-14(5-6-17(15)24(10)13(4)25)16-9-23-12(3)18(20)11(2)21-19(23)22-16/h5-6,8-10H,7H2,1-4H3. The fourth-order valence-electron chi connectivity index (χ4n) is 3.67. The van der Waals surface area contributed by atoms with Crippen molar-refractivity contribution in [3.63, 3.8) is 0 Å². The van der Waals surface area contributed by atoms with E-state index in [2.05, 4.69) is 33.9 Å². The van der Waals surface area contributed by atoms with Gasteiger partial charge in [-0.2, -0.15) is 0 Å². The smallest absolute Gasteiger partial charge is 0.234 e. The van der Waals surface area contributed by atoms with Crippen LogP contribution >= 0.6 is 15.9 Å². The van der Waals surface area contributed by atoms with Crippen LogP contribution in [0.5, 0.6) is 0 Å². The molecular weight excluding hydrogens is 380 g/mol. The Morgan fingerprint density at radius 3 is 2.76 bits per heavy atom. The Morgan fingerprint density at radius 1 is 1.28 bits per heavy atom. The van der Waals surface area contributed by atoms with Gasteiger partial charge in [-0.1, -0.05) is 6.07 Å². The first-order valence-electron chi connectivity index (χ1n) is 8.31. The molecule has 25 heavy (non-hydrogen) atoms. The van der Waals surface area contributed by atoms with Gasteiger partial charge in [0, 0.05) is 36.1 Å². The molecule has 5 nitrogen and oxygen atoms in total. The molecule has 0 saturated heterocycles. The van der Waals surface area contributed by atoms with Gasteiger partial charge in [-0.15, -0.1) is 0 Å². The molecule has 0 aliphatic carbocycles. The van der Waals surface area contributed by atoms with Gasteiger partial charge in [0.1, 0.15) is 0 Å². The largest absolute Gasteiger partial charge is 0.309 e. The average molecular weight is 399 g/mol. The number of halogens is 1. The highest BCUT2D eigenvalue weighted by molar-refractivity contribution is 9.10. The quantitative estimate of drug-likeness (QED) is 0.620. The van der Waals surface area contributed by atoms with Gasteiger partial charge in [0.2, 0.25) is 11.7 Å². The molecule has 1 amide bonds. The van der Waals surface area contributed by atoms with Crippen molar-refractivity contribution in [1.82, 2.24) is 14.4 Å². The fourth-order valence-corrected chi connectivity index (χ4v) is 3.95. The Hall–Kier alpha value is -2.21. The number of amides is 1. The van der Waals surface area contributed by atoms with Crippen LogP contribution in [0.4, 0.5) is 5.69 Å². The average Bonchev–Trinajstić information content (AvgIpc) is 3.12. The van der Waals surface area contributed by atoms with Crippen molar-refractivity contribution in [1.29, 1.82) is 0 Å². The van der Waals surface area contributed by atoms with E-state index in [-0.39, 0.29) is 11.9 Å². The first-order chi connectivity index (χ1) is 11.9. The van der Waals surface area contributed by atoms with Gasteiger partial charge >= 0.3 is 0 Å². The summed E-state index contributed by atoms with van der Waals surface area (Å²) in [6.07, 6.45) is 2.89. The number of aromatic nitrogens is 3. The molecule has 3 aromatic rings. The van der Waals surface area contributed by atoms with Crippen LogP contribution in [-0.2, 0) is 11.2 Å². The van der Waals surface area contributed by atoms with Crippen molar-refractivity contribution >= 4 is 33.3 Å². The van der Waals surface area contributed by atoms with E-state index in [1.165, 1.54) is 5.56 Å². The molecule has 0 fully saturated rings. The molecule has 4 rings (SSSR count). The Morgan fingerprint density at radius 2 is 2.04 bits per heavy atom. The number of nitrogens with zero attached hydrogens (tertiary/aromatic N) is 4. The van der Waals surface area contributed by atoms with Crippen molar-refractivity contribution in [2.45, 2.75) is 40.2 Å². The predicted molar refractivity (Wildman–Crippen MR) is 102 cm³/mol. The SMILES string of the molecule is CC(=O)N1c2ccc(-c3cn4c(C)c(Br)c(C)nc4n3)cc2CC1C. The number of carbonyl (C=O) groups is 1. The molecule has 0 N–H and O–H groups in total. The van der Waals surface area contributed by atoms with Crippen molar-refractivity contribution in [2.24, 2.45) is 0 Å². The van der Waals surface area contributed by atoms with Crippen LogP contribution in [-0.4, -0.2) is 26.3 Å². The van der Waals surface area contributed by atoms with E-state index in [1.807, 2.05) is 41.5 Å². The summed E-state index contributed by atoms with van der Waals surface area (Å²) in [4.78, 5) is 23.0. The molecule has 6 heteroatoms. The molecule has 2 aromatic heterocycles. The molecule has 128 valence electrons. The number of imidazole rings is 1. The Labute approximate surface area is 154 Å². The lowest BCUT2D eigenvalue weighted by molar-refractivity contribution is -0.116. The van der Waals surface area contributed by atoms with E-state index in [0.717, 1.165) is 39.2 Å². The number of anilines is 1. The first-order valence-corrected chi connectivity index (χ1v) is 9.11. The minimum Gasteiger partial charge on any atom is -0.309 e. The maximum atomic E-state index is 11.9. The Kier molecular flexibility index (Phi) is 3.68. The first kappa shape index (κ1) is 16.3. The highest BCUT2D eigenvalue weighted by Crippen LogP contribution is 2.35. The molecule has 1 aromatic carbocycles. The van der Waals surface area contributed by atoms with E-state index in [0.29, 0.717) is 5.78 Å². The molecular formula is C19H19BrN4O. The molecule has 1 aliphatic rings. The van der Waals surface area contributed by atoms with E-state index in [9.17, 15) is 4.79 Å². The summed E-state index contributed by atoms with van der Waals surface area (Å²) in [5, 5.41) is 0. The van der Waals surface area contributed by atoms with E-state index in [4.69, 9.17) is 4.98 Å². The molecule has 1 aliphatic heterocycles. The van der Waals surface area contributed by atoms with Crippen LogP contribution in [0, 0.1) is 13.8 Å². The third-order valence-electron chi connectivity index (χ3n) is 4.88. The second-order valence-corrected chi connectivity index (χ2v) is 7.47. The van der Waals surface area contributed by atoms with E-state index < -0.39 is 0 Å². The van der Waals surface area contributed by atoms with Crippen LogP contribution in [0.15, 0.2) is 28.9 Å². The summed E-state index contributed by atoms with van der Waals surface area (Å²) in [7, 11) is 0. The number of hydrogen-bond donors (Lipinski definition) is 0. The highest BCUT2D eigenvalue weighted by Gasteiger charge is 2.29. The third kappa shape index (κ3) is 2.47. The zero-order chi connectivity index (χ0) is 17.9. The van der Waals surface area contributed by atoms with Gasteiger partial charge in [-0.05, 0) is 60.8 Å². The van der Waals surface area contributed by atoms with E-state index >= 15 is 0 Å². The van der Waals surface area contributed by atoms with Crippen molar-refractivity contribution in [3.05, 3.63) is 45.8 Å². The summed E-state index contributed by atoms with van der Waals surface area (Å²) in [6.45, 7) is 7.72. The summed E-state index contributed by atoms with van der Waals surface area (Å²) in [5.41, 5.74) is 6.17. The molecule has 0 spiro atoms. The summed E-state index contributed by atoms with van der Waals surface area (Å²) in [6, 6.07) is 6.41. The van der Waals surface area contributed by atoms with Gasteiger partial charge in [0.15, 0.2) is 0 Å². The molecule has 0 saturated carbocycles. The minimum atomic E-state index is 0.0897. The number of hydrogen-bond acceptors (Lipinski definition) is 3. The number of carbonyl (C=O) groups excluding carboxylic acids is 1. The summed E-state index contributed by atoms with van der Waals surface area (Å²) >= 11 is 3.58. The zero-order valence-electron chi connectivity index (χ0n) is 14.7. The second kappa shape index (κ2) is 5.66. The lowest BCUT2D eigenvalue weighted by Gasteiger charge is -2.20. The van der Waals surface area contributed by atoms with Crippen LogP contribution in [0.1, 0.15) is 30.8 Å². The fraction of sp³-hybridized carbons (Fsp3) is 0.316. The highest BCUT2D eigenvalue weighted by atomic mass is 79.9. The number of fused-ring (bicyclic) bond motifs is 2. The van der Waals surface area contributed by atoms with Gasteiger partial charge in [0.05, 0.1) is 15.9 Å². The Balaban J connectivity index is 1.82. The molecule has 3 heterocycles. The maximum absolute atomic E-state index is 11.9. The normalized spacial score (nSPS) is 16.5. The number of benzene rings is 1. The monoisotopic (exact) mass is 398 g/mol. The van der Waals surface area contributed by atoms with Crippen molar-refractivity contribution < 1.29 is 4.79 Å². The van der Waals surface area contributed by atoms with Gasteiger partial charge in [0.25, 0.3) is 0 Å². The van der Waals surface area contributed by atoms with Crippen LogP contribution < -0.4 is 4.90 Å². The molecule has 1 atom stereocenters. The molecule has 0 radical (unpaired) electrons. The lowest BCUT2D eigenvalue weighted by Crippen LogP contribution is -2.33. The van der Waals surface area contributed by atoms with Crippen LogP contribution in [0.25, 0.3) is 17.0 Å².